The van der Waals surface area contributed by atoms with Gasteiger partial charge in [0, 0.05) is 3.58 Å². The van der Waals surface area contributed by atoms with E-state index in [-0.39, 0.29) is 0 Å². The molecule has 1 heteroatoms. The van der Waals surface area contributed by atoms with Crippen LogP contribution in [0.5, 0.6) is 0 Å². The van der Waals surface area contributed by atoms with Crippen molar-refractivity contribution in [3.63, 3.8) is 0 Å². The molecular weight excluding hydrogens is 451 g/mol. The Morgan fingerprint density at radius 3 is 2.43 bits per heavy atom. The molecule has 0 atom stereocenters. The largest absolute Gasteiger partial charge is 0.0990 e. The van der Waals surface area contributed by atoms with Gasteiger partial charge in [-0.3, -0.25) is 0 Å². The smallest absolute Gasteiger partial charge is 0.00934 e. The van der Waals surface area contributed by atoms with Crippen molar-refractivity contribution in [2.75, 3.05) is 0 Å². The summed E-state index contributed by atoms with van der Waals surface area (Å²) in [6, 6.07) is 4.25. The van der Waals surface area contributed by atoms with Gasteiger partial charge < -0.3 is 0 Å². The first-order valence-corrected chi connectivity index (χ1v) is 10.4. The molecule has 0 heterocycles. The molecule has 0 aromatic heterocycles. The number of hydrogen-bond donors (Lipinski definition) is 0. The first-order chi connectivity index (χ1) is 13.5. The SMILES string of the molecule is C=C/C=C(\C=C1\C=CC(I)=CC1)C(=CC)/C=c1/ccc(/C=C\C)c(C=C)c1=C. The molecule has 1 aromatic carbocycles. The Balaban J connectivity index is 2.55. The number of rotatable bonds is 6. The summed E-state index contributed by atoms with van der Waals surface area (Å²) >= 11 is 2.35. The van der Waals surface area contributed by atoms with Crippen molar-refractivity contribution in [3.05, 3.63) is 116 Å². The Morgan fingerprint density at radius 1 is 1.07 bits per heavy atom. The zero-order valence-electron chi connectivity index (χ0n) is 16.7. The molecule has 0 nitrogen and oxygen atoms in total. The minimum Gasteiger partial charge on any atom is -0.0990 e. The fraction of sp³-hybridized carbons (Fsp3) is 0.111. The molecule has 0 aliphatic heterocycles. The van der Waals surface area contributed by atoms with Crippen LogP contribution >= 0.6 is 22.6 Å². The molecule has 28 heavy (non-hydrogen) atoms. The van der Waals surface area contributed by atoms with Crippen LogP contribution in [0.25, 0.3) is 24.8 Å². The van der Waals surface area contributed by atoms with Crippen molar-refractivity contribution < 1.29 is 0 Å². The lowest BCUT2D eigenvalue weighted by Gasteiger charge is -2.09. The van der Waals surface area contributed by atoms with E-state index < -0.39 is 0 Å². The van der Waals surface area contributed by atoms with E-state index in [1.54, 1.807) is 0 Å². The number of halogens is 1. The van der Waals surface area contributed by atoms with Crippen molar-refractivity contribution in [3.8, 4) is 0 Å². The first-order valence-electron chi connectivity index (χ1n) is 9.36. The van der Waals surface area contributed by atoms with Crippen LogP contribution in [0.2, 0.25) is 0 Å². The molecule has 1 aliphatic rings. The predicted octanol–water partition coefficient (Wildman–Crippen LogP) is 6.82. The Labute approximate surface area is 182 Å². The van der Waals surface area contributed by atoms with Gasteiger partial charge in [-0.05, 0) is 93.3 Å². The van der Waals surface area contributed by atoms with E-state index in [2.05, 4.69) is 110 Å². The Morgan fingerprint density at radius 2 is 1.86 bits per heavy atom. The molecule has 0 unspecified atom stereocenters. The quantitative estimate of drug-likeness (QED) is 0.311. The standard InChI is InChI=1S/C27H27I/c1-6-10-23-14-15-24(20(5)27(23)9-4)19-22(8-3)25(11-7-2)18-21-12-16-26(28)17-13-21/h6-12,14-19H,2,4-5,13H2,1,3H3/b10-6-,21-18-,22-8?,24-19-,25-11+. The number of allylic oxidation sites excluding steroid dienone is 12. The van der Waals surface area contributed by atoms with Gasteiger partial charge in [-0.2, -0.15) is 0 Å². The summed E-state index contributed by atoms with van der Waals surface area (Å²) in [6.45, 7) is 16.3. The summed E-state index contributed by atoms with van der Waals surface area (Å²) in [5.74, 6) is 0. The van der Waals surface area contributed by atoms with Crippen LogP contribution < -0.4 is 10.4 Å². The third-order valence-corrected chi connectivity index (χ3v) is 5.36. The monoisotopic (exact) mass is 478 g/mol. The highest BCUT2D eigenvalue weighted by molar-refractivity contribution is 14.1. The van der Waals surface area contributed by atoms with Crippen LogP contribution in [0.3, 0.4) is 0 Å². The average Bonchev–Trinajstić information content (AvgIpc) is 2.69. The predicted molar refractivity (Wildman–Crippen MR) is 136 cm³/mol. The maximum atomic E-state index is 4.31. The molecule has 0 saturated heterocycles. The molecular formula is C27H27I. The molecule has 2 rings (SSSR count). The lowest BCUT2D eigenvalue weighted by Crippen LogP contribution is -2.26. The molecule has 0 saturated carbocycles. The second-order valence-corrected chi connectivity index (χ2v) is 7.68. The van der Waals surface area contributed by atoms with E-state index in [0.29, 0.717) is 0 Å². The maximum absolute atomic E-state index is 4.31. The fourth-order valence-electron chi connectivity index (χ4n) is 3.10. The van der Waals surface area contributed by atoms with E-state index in [1.807, 2.05) is 25.2 Å². The second-order valence-electron chi connectivity index (χ2n) is 6.43. The van der Waals surface area contributed by atoms with Crippen molar-refractivity contribution in [1.82, 2.24) is 0 Å². The summed E-state index contributed by atoms with van der Waals surface area (Å²) in [5.41, 5.74) is 5.78. The van der Waals surface area contributed by atoms with Crippen LogP contribution in [0, 0.1) is 0 Å². The summed E-state index contributed by atoms with van der Waals surface area (Å²) in [6.07, 6.45) is 24.0. The zero-order valence-corrected chi connectivity index (χ0v) is 18.9. The highest BCUT2D eigenvalue weighted by Crippen LogP contribution is 2.23. The normalized spacial score (nSPS) is 17.3. The van der Waals surface area contributed by atoms with Crippen molar-refractivity contribution in [1.29, 1.82) is 0 Å². The van der Waals surface area contributed by atoms with Crippen LogP contribution in [0.15, 0.2) is 94.2 Å². The van der Waals surface area contributed by atoms with Crippen molar-refractivity contribution >= 4 is 47.4 Å². The molecule has 1 aromatic rings. The summed E-state index contributed by atoms with van der Waals surface area (Å²) in [7, 11) is 0. The Hall–Kier alpha value is -2.39. The van der Waals surface area contributed by atoms with Crippen molar-refractivity contribution in [2.45, 2.75) is 20.3 Å². The lowest BCUT2D eigenvalue weighted by molar-refractivity contribution is 1.25. The second kappa shape index (κ2) is 10.8. The first kappa shape index (κ1) is 21.9. The topological polar surface area (TPSA) is 0 Å². The molecule has 142 valence electrons. The van der Waals surface area contributed by atoms with E-state index in [0.717, 1.165) is 39.1 Å². The van der Waals surface area contributed by atoms with Crippen molar-refractivity contribution in [2.24, 2.45) is 0 Å². The summed E-state index contributed by atoms with van der Waals surface area (Å²) in [5, 5.41) is 2.09. The molecule has 0 spiro atoms. The summed E-state index contributed by atoms with van der Waals surface area (Å²) < 4.78 is 1.28. The fourth-order valence-corrected chi connectivity index (χ4v) is 3.50. The third-order valence-electron chi connectivity index (χ3n) is 4.56. The molecule has 1 aliphatic carbocycles. The van der Waals surface area contributed by atoms with Crippen LogP contribution in [0.1, 0.15) is 31.4 Å². The van der Waals surface area contributed by atoms with Gasteiger partial charge in [-0.25, -0.2) is 0 Å². The zero-order chi connectivity index (χ0) is 20.5. The molecule has 0 amide bonds. The molecule has 0 N–H and O–H groups in total. The van der Waals surface area contributed by atoms with Crippen LogP contribution in [0.4, 0.5) is 0 Å². The molecule has 0 bridgehead atoms. The van der Waals surface area contributed by atoms with E-state index in [4.69, 9.17) is 0 Å². The summed E-state index contributed by atoms with van der Waals surface area (Å²) in [4.78, 5) is 0. The highest BCUT2D eigenvalue weighted by Gasteiger charge is 2.04. The van der Waals surface area contributed by atoms with Gasteiger partial charge in [0.25, 0.3) is 0 Å². The minimum atomic E-state index is 0.944. The van der Waals surface area contributed by atoms with Gasteiger partial charge in [-0.15, -0.1) is 0 Å². The number of benzene rings is 1. The third kappa shape index (κ3) is 5.56. The van der Waals surface area contributed by atoms with Gasteiger partial charge in [0.05, 0.1) is 0 Å². The van der Waals surface area contributed by atoms with Gasteiger partial charge in [0.2, 0.25) is 0 Å². The van der Waals surface area contributed by atoms with E-state index in [9.17, 15) is 0 Å². The van der Waals surface area contributed by atoms with Crippen LogP contribution in [-0.2, 0) is 0 Å². The molecule has 0 radical (unpaired) electrons. The minimum absolute atomic E-state index is 0.944. The number of hydrogen-bond acceptors (Lipinski definition) is 0. The van der Waals surface area contributed by atoms with E-state index in [1.165, 1.54) is 9.15 Å². The Bertz CT molecular complexity index is 1050. The van der Waals surface area contributed by atoms with E-state index >= 15 is 0 Å². The highest BCUT2D eigenvalue weighted by atomic mass is 127. The molecule has 0 fully saturated rings. The maximum Gasteiger partial charge on any atom is 0.00934 e. The Kier molecular flexibility index (Phi) is 8.46. The van der Waals surface area contributed by atoms with Gasteiger partial charge in [0.1, 0.15) is 0 Å². The van der Waals surface area contributed by atoms with Crippen LogP contribution in [-0.4, -0.2) is 0 Å². The van der Waals surface area contributed by atoms with Gasteiger partial charge >= 0.3 is 0 Å². The van der Waals surface area contributed by atoms with Gasteiger partial charge in [-0.1, -0.05) is 86.6 Å². The van der Waals surface area contributed by atoms with Gasteiger partial charge in [0.15, 0.2) is 0 Å². The average molecular weight is 478 g/mol. The lowest BCUT2D eigenvalue weighted by atomic mass is 9.96.